The van der Waals surface area contributed by atoms with Crippen molar-refractivity contribution in [1.82, 2.24) is 4.57 Å². The van der Waals surface area contributed by atoms with E-state index in [1.54, 1.807) is 0 Å². The molecule has 0 bridgehead atoms. The molecule has 0 radical (unpaired) electrons. The lowest BCUT2D eigenvalue weighted by molar-refractivity contribution is -0.144. The summed E-state index contributed by atoms with van der Waals surface area (Å²) in [7, 11) is 1.41. The first-order valence-electron chi connectivity index (χ1n) is 4.29. The van der Waals surface area contributed by atoms with Crippen LogP contribution in [0.15, 0.2) is 12.3 Å². The van der Waals surface area contributed by atoms with Gasteiger partial charge in [0.1, 0.15) is 6.04 Å². The van der Waals surface area contributed by atoms with Crippen molar-refractivity contribution in [3.8, 4) is 0 Å². The molecule has 0 unspecified atom stereocenters. The smallest absolute Gasteiger partial charge is 0.328 e. The van der Waals surface area contributed by atoms with Crippen molar-refractivity contribution in [2.24, 2.45) is 0 Å². The molecule has 1 aromatic heterocycles. The van der Waals surface area contributed by atoms with Crippen molar-refractivity contribution < 1.29 is 9.53 Å². The number of nitrogens with zero attached hydrogens (tertiary/aromatic N) is 1. The molecule has 0 aliphatic rings. The number of aryl methyl sites for hydroxylation is 2. The predicted octanol–water partition coefficient (Wildman–Crippen LogP) is 1.84. The van der Waals surface area contributed by atoms with E-state index in [1.807, 2.05) is 37.6 Å². The lowest BCUT2D eigenvalue weighted by atomic mass is 10.3. The van der Waals surface area contributed by atoms with Gasteiger partial charge in [-0.15, -0.1) is 0 Å². The van der Waals surface area contributed by atoms with Gasteiger partial charge >= 0.3 is 5.97 Å². The number of carbonyl (C=O) groups is 1. The Balaban J connectivity index is 2.94. The van der Waals surface area contributed by atoms with Crippen molar-refractivity contribution in [3.05, 3.63) is 23.5 Å². The molecule has 0 fully saturated rings. The average molecular weight is 181 g/mol. The van der Waals surface area contributed by atoms with Crippen LogP contribution in [0.25, 0.3) is 0 Å². The molecule has 0 amide bonds. The molecule has 0 spiro atoms. The maximum Gasteiger partial charge on any atom is 0.328 e. The van der Waals surface area contributed by atoms with Gasteiger partial charge in [0.2, 0.25) is 0 Å². The van der Waals surface area contributed by atoms with Crippen LogP contribution in [0, 0.1) is 13.8 Å². The Labute approximate surface area is 78.3 Å². The minimum absolute atomic E-state index is 0.210. The summed E-state index contributed by atoms with van der Waals surface area (Å²) in [6, 6.07) is 1.80. The van der Waals surface area contributed by atoms with Gasteiger partial charge in [-0.1, -0.05) is 0 Å². The molecule has 1 aromatic rings. The van der Waals surface area contributed by atoms with Gasteiger partial charge in [0, 0.05) is 11.9 Å². The standard InChI is InChI=1S/C10H15NO2/c1-7-5-8(2)11(6-7)9(3)10(12)13-4/h5-6,9H,1-4H3/t9-/m0/s1. The number of hydrogen-bond acceptors (Lipinski definition) is 2. The van der Waals surface area contributed by atoms with Crippen LogP contribution in [0.2, 0.25) is 0 Å². The molecule has 13 heavy (non-hydrogen) atoms. The molecule has 0 saturated carbocycles. The third kappa shape index (κ3) is 1.91. The second-order valence-electron chi connectivity index (χ2n) is 3.27. The van der Waals surface area contributed by atoms with E-state index < -0.39 is 0 Å². The lowest BCUT2D eigenvalue weighted by Gasteiger charge is -2.12. The van der Waals surface area contributed by atoms with E-state index in [0.717, 1.165) is 11.3 Å². The SMILES string of the molecule is COC(=O)[C@H](C)n1cc(C)cc1C. The Hall–Kier alpha value is -1.25. The molecule has 0 N–H and O–H groups in total. The maximum atomic E-state index is 11.2. The van der Waals surface area contributed by atoms with Crippen LogP contribution >= 0.6 is 0 Å². The number of carbonyl (C=O) groups excluding carboxylic acids is 1. The third-order valence-corrected chi connectivity index (χ3v) is 2.15. The van der Waals surface area contributed by atoms with E-state index >= 15 is 0 Å². The van der Waals surface area contributed by atoms with Crippen LogP contribution in [0.4, 0.5) is 0 Å². The molecular formula is C10H15NO2. The molecule has 3 nitrogen and oxygen atoms in total. The predicted molar refractivity (Wildman–Crippen MR) is 50.6 cm³/mol. The van der Waals surface area contributed by atoms with E-state index in [-0.39, 0.29) is 12.0 Å². The zero-order chi connectivity index (χ0) is 10.0. The van der Waals surface area contributed by atoms with Crippen LogP contribution in [0.5, 0.6) is 0 Å². The van der Waals surface area contributed by atoms with Gasteiger partial charge in [-0.2, -0.15) is 0 Å². The zero-order valence-corrected chi connectivity index (χ0v) is 8.50. The quantitative estimate of drug-likeness (QED) is 0.652. The summed E-state index contributed by atoms with van der Waals surface area (Å²) in [5.74, 6) is -0.210. The maximum absolute atomic E-state index is 11.2. The molecule has 0 saturated heterocycles. The number of ether oxygens (including phenoxy) is 1. The summed E-state index contributed by atoms with van der Waals surface area (Å²) < 4.78 is 6.59. The number of rotatable bonds is 2. The Morgan fingerprint density at radius 3 is 2.54 bits per heavy atom. The van der Waals surface area contributed by atoms with Crippen molar-refractivity contribution in [3.63, 3.8) is 0 Å². The van der Waals surface area contributed by atoms with Crippen molar-refractivity contribution in [2.75, 3.05) is 7.11 Å². The second kappa shape index (κ2) is 3.64. The summed E-state index contributed by atoms with van der Waals surface area (Å²) in [6.07, 6.45) is 1.96. The molecule has 0 aromatic carbocycles. The Morgan fingerprint density at radius 2 is 2.15 bits per heavy atom. The third-order valence-electron chi connectivity index (χ3n) is 2.15. The number of methoxy groups -OCH3 is 1. The first kappa shape index (κ1) is 9.84. The highest BCUT2D eigenvalue weighted by Gasteiger charge is 2.16. The number of aromatic nitrogens is 1. The van der Waals surface area contributed by atoms with Gasteiger partial charge < -0.3 is 9.30 Å². The summed E-state index contributed by atoms with van der Waals surface area (Å²) in [5.41, 5.74) is 2.24. The summed E-state index contributed by atoms with van der Waals surface area (Å²) in [6.45, 7) is 5.82. The van der Waals surface area contributed by atoms with Gasteiger partial charge in [-0.05, 0) is 32.4 Å². The zero-order valence-electron chi connectivity index (χ0n) is 8.50. The normalized spacial score (nSPS) is 12.6. The Kier molecular flexibility index (Phi) is 2.76. The van der Waals surface area contributed by atoms with Crippen molar-refractivity contribution in [2.45, 2.75) is 26.8 Å². The molecule has 1 atom stereocenters. The fourth-order valence-corrected chi connectivity index (χ4v) is 1.46. The van der Waals surface area contributed by atoms with Gasteiger partial charge in [0.05, 0.1) is 7.11 Å². The molecule has 3 heteroatoms. The Morgan fingerprint density at radius 1 is 1.54 bits per heavy atom. The molecule has 0 aliphatic carbocycles. The van der Waals surface area contributed by atoms with Gasteiger partial charge in [-0.3, -0.25) is 0 Å². The van der Waals surface area contributed by atoms with E-state index in [2.05, 4.69) is 4.74 Å². The monoisotopic (exact) mass is 181 g/mol. The fraction of sp³-hybridized carbons (Fsp3) is 0.500. The molecular weight excluding hydrogens is 166 g/mol. The minimum atomic E-state index is -0.237. The van der Waals surface area contributed by atoms with Gasteiger partial charge in [0.15, 0.2) is 0 Å². The van der Waals surface area contributed by atoms with E-state index in [9.17, 15) is 4.79 Å². The molecule has 1 rings (SSSR count). The summed E-state index contributed by atoms with van der Waals surface area (Å²) in [4.78, 5) is 11.2. The molecule has 72 valence electrons. The van der Waals surface area contributed by atoms with Crippen LogP contribution in [-0.4, -0.2) is 17.6 Å². The molecule has 1 heterocycles. The summed E-state index contributed by atoms with van der Waals surface area (Å²) >= 11 is 0. The first-order chi connectivity index (χ1) is 6.06. The van der Waals surface area contributed by atoms with E-state index in [4.69, 9.17) is 0 Å². The van der Waals surface area contributed by atoms with Crippen molar-refractivity contribution >= 4 is 5.97 Å². The van der Waals surface area contributed by atoms with E-state index in [1.165, 1.54) is 7.11 Å². The fourth-order valence-electron chi connectivity index (χ4n) is 1.46. The first-order valence-corrected chi connectivity index (χ1v) is 4.29. The highest BCUT2D eigenvalue weighted by Crippen LogP contribution is 2.14. The molecule has 0 aliphatic heterocycles. The number of esters is 1. The van der Waals surface area contributed by atoms with E-state index in [0.29, 0.717) is 0 Å². The largest absolute Gasteiger partial charge is 0.467 e. The topological polar surface area (TPSA) is 31.2 Å². The highest BCUT2D eigenvalue weighted by atomic mass is 16.5. The van der Waals surface area contributed by atoms with Crippen LogP contribution in [0.3, 0.4) is 0 Å². The van der Waals surface area contributed by atoms with Crippen LogP contribution in [0.1, 0.15) is 24.2 Å². The minimum Gasteiger partial charge on any atom is -0.467 e. The van der Waals surface area contributed by atoms with Crippen LogP contribution in [-0.2, 0) is 9.53 Å². The highest BCUT2D eigenvalue weighted by molar-refractivity contribution is 5.73. The second-order valence-corrected chi connectivity index (χ2v) is 3.27. The lowest BCUT2D eigenvalue weighted by Crippen LogP contribution is -2.17. The average Bonchev–Trinajstić information content (AvgIpc) is 2.42. The van der Waals surface area contributed by atoms with Gasteiger partial charge in [-0.25, -0.2) is 4.79 Å². The van der Waals surface area contributed by atoms with Crippen molar-refractivity contribution in [1.29, 1.82) is 0 Å². The number of hydrogen-bond donors (Lipinski definition) is 0. The van der Waals surface area contributed by atoms with Crippen LogP contribution < -0.4 is 0 Å². The van der Waals surface area contributed by atoms with Gasteiger partial charge in [0.25, 0.3) is 0 Å². The Bertz CT molecular complexity index is 315. The summed E-state index contributed by atoms with van der Waals surface area (Å²) in [5, 5.41) is 0.